The Hall–Kier alpha value is -3.50. The maximum Gasteiger partial charge on any atom is 0.243 e. The molecule has 0 saturated carbocycles. The summed E-state index contributed by atoms with van der Waals surface area (Å²) in [6.07, 6.45) is 1.32. The Balaban J connectivity index is 1.23. The summed E-state index contributed by atoms with van der Waals surface area (Å²) in [6, 6.07) is 16.4. The third-order valence-corrected chi connectivity index (χ3v) is 9.18. The summed E-state index contributed by atoms with van der Waals surface area (Å²) in [5, 5.41) is 3.75. The zero-order valence-corrected chi connectivity index (χ0v) is 22.6. The molecular formula is C28H33N5O4S. The van der Waals surface area contributed by atoms with Gasteiger partial charge >= 0.3 is 0 Å². The van der Waals surface area contributed by atoms with Crippen LogP contribution >= 0.6 is 0 Å². The second-order valence-corrected chi connectivity index (χ2v) is 12.0. The maximum atomic E-state index is 13.5. The van der Waals surface area contributed by atoms with E-state index in [2.05, 4.69) is 27.3 Å². The monoisotopic (exact) mass is 535 g/mol. The number of aromatic nitrogens is 1. The van der Waals surface area contributed by atoms with Crippen LogP contribution in [0.1, 0.15) is 25.5 Å². The number of carbonyl (C=O) groups excluding carboxylic acids is 2. The largest absolute Gasteiger partial charge is 0.367 e. The minimum atomic E-state index is -3.74. The van der Waals surface area contributed by atoms with Crippen LogP contribution in [0.4, 0.5) is 11.4 Å². The number of carbonyl (C=O) groups is 2. The van der Waals surface area contributed by atoms with Crippen LogP contribution in [0.25, 0.3) is 10.9 Å². The number of sulfonamides is 1. The van der Waals surface area contributed by atoms with Crippen molar-refractivity contribution in [1.82, 2.24) is 14.2 Å². The van der Waals surface area contributed by atoms with Crippen molar-refractivity contribution < 1.29 is 18.0 Å². The molecule has 0 unspecified atom stereocenters. The van der Waals surface area contributed by atoms with E-state index < -0.39 is 10.0 Å². The number of benzene rings is 2. The number of fused-ring (bicyclic) bond motifs is 1. The van der Waals surface area contributed by atoms with Crippen LogP contribution in [-0.2, 0) is 19.6 Å². The number of amides is 2. The predicted molar refractivity (Wildman–Crippen MR) is 148 cm³/mol. The Morgan fingerprint density at radius 2 is 1.68 bits per heavy atom. The number of aryl methyl sites for hydroxylation is 1. The molecule has 0 spiro atoms. The average molecular weight is 536 g/mol. The second kappa shape index (κ2) is 10.7. The normalized spacial score (nSPS) is 18.9. The molecule has 0 aliphatic carbocycles. The smallest absolute Gasteiger partial charge is 0.243 e. The van der Waals surface area contributed by atoms with Gasteiger partial charge in [-0.3, -0.25) is 14.6 Å². The molecule has 38 heavy (non-hydrogen) atoms. The second-order valence-electron chi connectivity index (χ2n) is 10.0. The number of rotatable bonds is 5. The first kappa shape index (κ1) is 26.1. The molecule has 2 amide bonds. The standard InChI is InChI=1S/C28H33N5O4S/c1-20-18-27(25-7-3-4-8-26(25)29-20)31-14-16-32(17-15-31)28(35)22-6-5-13-33(19-22)38(36,37)24-11-9-23(10-12-24)30-21(2)34/h3-4,7-12,18,22H,5-6,13-17,19H2,1-2H3,(H,30,34)/t22-/m1/s1. The molecule has 3 aromatic rings. The van der Waals surface area contributed by atoms with Gasteiger partial charge in [0.1, 0.15) is 0 Å². The number of hydrogen-bond acceptors (Lipinski definition) is 6. The van der Waals surface area contributed by atoms with Gasteiger partial charge in [-0.05, 0) is 56.2 Å². The molecule has 3 heterocycles. The quantitative estimate of drug-likeness (QED) is 0.538. The average Bonchev–Trinajstić information content (AvgIpc) is 2.92. The first-order valence-corrected chi connectivity index (χ1v) is 14.4. The zero-order chi connectivity index (χ0) is 26.9. The fourth-order valence-corrected chi connectivity index (χ4v) is 6.92. The van der Waals surface area contributed by atoms with Gasteiger partial charge in [0.05, 0.1) is 16.3 Å². The van der Waals surface area contributed by atoms with Crippen LogP contribution in [0.15, 0.2) is 59.5 Å². The highest BCUT2D eigenvalue weighted by atomic mass is 32.2. The Labute approximate surface area is 223 Å². The molecule has 5 rings (SSSR count). The first-order chi connectivity index (χ1) is 18.2. The minimum absolute atomic E-state index is 0.0290. The van der Waals surface area contributed by atoms with Crippen molar-refractivity contribution in [3.05, 3.63) is 60.3 Å². The summed E-state index contributed by atoms with van der Waals surface area (Å²) in [5.74, 6) is -0.544. The molecule has 2 aromatic carbocycles. The summed E-state index contributed by atoms with van der Waals surface area (Å²) in [7, 11) is -3.74. The van der Waals surface area contributed by atoms with E-state index in [9.17, 15) is 18.0 Å². The Kier molecular flexibility index (Phi) is 7.36. The van der Waals surface area contributed by atoms with E-state index in [1.54, 1.807) is 12.1 Å². The van der Waals surface area contributed by atoms with Gasteiger partial charge in [0, 0.05) is 68.6 Å². The predicted octanol–water partition coefficient (Wildman–Crippen LogP) is 3.25. The molecule has 2 saturated heterocycles. The highest BCUT2D eigenvalue weighted by molar-refractivity contribution is 7.89. The van der Waals surface area contributed by atoms with Gasteiger partial charge in [-0.1, -0.05) is 18.2 Å². The van der Waals surface area contributed by atoms with Crippen LogP contribution in [0.5, 0.6) is 0 Å². The molecule has 9 nitrogen and oxygen atoms in total. The number of pyridine rings is 1. The van der Waals surface area contributed by atoms with Crippen LogP contribution in [-0.4, -0.2) is 73.7 Å². The number of hydrogen-bond donors (Lipinski definition) is 1. The highest BCUT2D eigenvalue weighted by Gasteiger charge is 2.36. The zero-order valence-electron chi connectivity index (χ0n) is 21.8. The van der Waals surface area contributed by atoms with E-state index in [-0.39, 0.29) is 29.2 Å². The molecule has 0 radical (unpaired) electrons. The van der Waals surface area contributed by atoms with Crippen molar-refractivity contribution in [1.29, 1.82) is 0 Å². The Morgan fingerprint density at radius 3 is 2.39 bits per heavy atom. The van der Waals surface area contributed by atoms with Gasteiger partial charge in [0.25, 0.3) is 0 Å². The lowest BCUT2D eigenvalue weighted by atomic mass is 9.97. The van der Waals surface area contributed by atoms with Crippen LogP contribution < -0.4 is 10.2 Å². The topological polar surface area (TPSA) is 103 Å². The van der Waals surface area contributed by atoms with Gasteiger partial charge in [0.15, 0.2) is 0 Å². The van der Waals surface area contributed by atoms with E-state index in [1.165, 1.54) is 23.4 Å². The van der Waals surface area contributed by atoms with Crippen molar-refractivity contribution in [2.75, 3.05) is 49.5 Å². The summed E-state index contributed by atoms with van der Waals surface area (Å²) in [6.45, 7) is 6.60. The fraction of sp³-hybridized carbons (Fsp3) is 0.393. The van der Waals surface area contributed by atoms with Crippen molar-refractivity contribution in [2.45, 2.75) is 31.6 Å². The maximum absolute atomic E-state index is 13.5. The molecule has 200 valence electrons. The van der Waals surface area contributed by atoms with E-state index in [0.29, 0.717) is 51.3 Å². The number of piperazine rings is 1. The molecule has 2 fully saturated rings. The molecule has 2 aliphatic rings. The number of para-hydroxylation sites is 1. The first-order valence-electron chi connectivity index (χ1n) is 13.0. The van der Waals surface area contributed by atoms with Crippen LogP contribution in [0, 0.1) is 12.8 Å². The highest BCUT2D eigenvalue weighted by Crippen LogP contribution is 2.29. The van der Waals surface area contributed by atoms with Crippen molar-refractivity contribution in [3.63, 3.8) is 0 Å². The number of nitrogens with zero attached hydrogens (tertiary/aromatic N) is 4. The summed E-state index contributed by atoms with van der Waals surface area (Å²) < 4.78 is 28.0. The molecular weight excluding hydrogens is 502 g/mol. The van der Waals surface area contributed by atoms with E-state index in [4.69, 9.17) is 0 Å². The van der Waals surface area contributed by atoms with Gasteiger partial charge in [-0.15, -0.1) is 0 Å². The lowest BCUT2D eigenvalue weighted by molar-refractivity contribution is -0.137. The lowest BCUT2D eigenvalue weighted by Gasteiger charge is -2.39. The van der Waals surface area contributed by atoms with Gasteiger partial charge in [-0.25, -0.2) is 8.42 Å². The molecule has 1 atom stereocenters. The number of nitrogens with one attached hydrogen (secondary N) is 1. The minimum Gasteiger partial charge on any atom is -0.367 e. The van der Waals surface area contributed by atoms with Crippen molar-refractivity contribution >= 4 is 44.1 Å². The SMILES string of the molecule is CC(=O)Nc1ccc(S(=O)(=O)N2CCC[C@@H](C(=O)N3CCN(c4cc(C)nc5ccccc45)CC3)C2)cc1. The van der Waals surface area contributed by atoms with Crippen LogP contribution in [0.2, 0.25) is 0 Å². The van der Waals surface area contributed by atoms with Gasteiger partial charge in [0.2, 0.25) is 21.8 Å². The van der Waals surface area contributed by atoms with Crippen molar-refractivity contribution in [3.8, 4) is 0 Å². The van der Waals surface area contributed by atoms with E-state index in [1.807, 2.05) is 30.0 Å². The number of anilines is 2. The van der Waals surface area contributed by atoms with Gasteiger partial charge in [-0.2, -0.15) is 4.31 Å². The van der Waals surface area contributed by atoms with Crippen molar-refractivity contribution in [2.24, 2.45) is 5.92 Å². The third-order valence-electron chi connectivity index (χ3n) is 7.30. The molecule has 1 aromatic heterocycles. The fourth-order valence-electron chi connectivity index (χ4n) is 5.40. The Bertz CT molecular complexity index is 1450. The molecule has 2 aliphatic heterocycles. The summed E-state index contributed by atoms with van der Waals surface area (Å²) in [5.41, 5.74) is 3.61. The van der Waals surface area contributed by atoms with E-state index in [0.717, 1.165) is 22.3 Å². The summed E-state index contributed by atoms with van der Waals surface area (Å²) >= 11 is 0. The molecule has 10 heteroatoms. The number of piperidine rings is 1. The lowest BCUT2D eigenvalue weighted by Crippen LogP contribution is -2.53. The third kappa shape index (κ3) is 5.37. The van der Waals surface area contributed by atoms with Crippen LogP contribution in [0.3, 0.4) is 0 Å². The summed E-state index contributed by atoms with van der Waals surface area (Å²) in [4.78, 5) is 33.7. The molecule has 0 bridgehead atoms. The molecule has 1 N–H and O–H groups in total. The van der Waals surface area contributed by atoms with E-state index >= 15 is 0 Å². The van der Waals surface area contributed by atoms with Gasteiger partial charge < -0.3 is 15.1 Å². The Morgan fingerprint density at radius 1 is 0.974 bits per heavy atom.